The van der Waals surface area contributed by atoms with Gasteiger partial charge >= 0.3 is 5.97 Å². The molecule has 0 saturated heterocycles. The summed E-state index contributed by atoms with van der Waals surface area (Å²) in [4.78, 5) is 20.9. The van der Waals surface area contributed by atoms with Crippen molar-refractivity contribution >= 4 is 11.8 Å². The van der Waals surface area contributed by atoms with Gasteiger partial charge in [-0.15, -0.1) is 0 Å². The van der Waals surface area contributed by atoms with Crippen molar-refractivity contribution in [1.82, 2.24) is 0 Å². The number of benzene rings is 1. The average Bonchev–Trinajstić information content (AvgIpc) is 2.37. The molecule has 0 aliphatic carbocycles. The molecule has 0 bridgehead atoms. The van der Waals surface area contributed by atoms with E-state index in [-0.39, 0.29) is 18.5 Å². The van der Waals surface area contributed by atoms with E-state index in [9.17, 15) is 9.59 Å². The number of ether oxygens (including phenoxy) is 2. The fraction of sp³-hybridized carbons (Fsp3) is 0.385. The van der Waals surface area contributed by atoms with Crippen molar-refractivity contribution < 1.29 is 19.1 Å². The Balaban J connectivity index is 0.000000437. The second-order valence-corrected chi connectivity index (χ2v) is 3.26. The first-order valence-electron chi connectivity index (χ1n) is 5.32. The molecule has 1 aromatic carbocycles. The maximum atomic E-state index is 11.1. The minimum Gasteiger partial charge on any atom is -0.435 e. The predicted molar refractivity (Wildman–Crippen MR) is 64.7 cm³/mol. The summed E-state index contributed by atoms with van der Waals surface area (Å²) in [5.41, 5.74) is 0.537. The quantitative estimate of drug-likeness (QED) is 0.597. The summed E-state index contributed by atoms with van der Waals surface area (Å²) in [5, 5.41) is 0. The van der Waals surface area contributed by atoms with E-state index >= 15 is 0 Å². The molecule has 0 amide bonds. The average molecular weight is 238 g/mol. The van der Waals surface area contributed by atoms with Gasteiger partial charge in [-0.05, 0) is 19.1 Å². The van der Waals surface area contributed by atoms with E-state index in [1.165, 1.54) is 7.11 Å². The van der Waals surface area contributed by atoms with Crippen molar-refractivity contribution in [3.8, 4) is 0 Å². The molecule has 94 valence electrons. The molecular weight excluding hydrogens is 220 g/mol. The van der Waals surface area contributed by atoms with Crippen LogP contribution >= 0.6 is 0 Å². The summed E-state index contributed by atoms with van der Waals surface area (Å²) in [5.74, 6) is -0.109. The summed E-state index contributed by atoms with van der Waals surface area (Å²) in [6.07, 6.45) is 0.667. The molecule has 0 spiro atoms. The molecule has 4 nitrogen and oxygen atoms in total. The Bertz CT molecular complexity index is 333. The fourth-order valence-electron chi connectivity index (χ4n) is 0.770. The molecule has 0 aliphatic rings. The minimum atomic E-state index is -0.363. The molecule has 0 aromatic heterocycles. The molecule has 0 atom stereocenters. The van der Waals surface area contributed by atoms with Crippen LogP contribution in [0.3, 0.4) is 0 Å². The van der Waals surface area contributed by atoms with Crippen LogP contribution in [-0.2, 0) is 14.3 Å². The largest absolute Gasteiger partial charge is 0.435 e. The number of carbonyl (C=O) groups excluding carboxylic acids is 2. The van der Waals surface area contributed by atoms with Gasteiger partial charge in [-0.1, -0.05) is 25.1 Å². The topological polar surface area (TPSA) is 52.6 Å². The van der Waals surface area contributed by atoms with Crippen LogP contribution in [0.2, 0.25) is 0 Å². The molecule has 0 aliphatic heterocycles. The van der Waals surface area contributed by atoms with Crippen LogP contribution in [0.5, 0.6) is 0 Å². The number of hydrogen-bond donors (Lipinski definition) is 0. The number of Topliss-reactive ketones (excluding diaryl/α,β-unsaturated/α-hetero) is 1. The third-order valence-corrected chi connectivity index (χ3v) is 1.82. The van der Waals surface area contributed by atoms with Crippen LogP contribution in [0.15, 0.2) is 30.3 Å². The predicted octanol–water partition coefficient (Wildman–Crippen LogP) is 2.43. The smallest absolute Gasteiger partial charge is 0.340 e. The summed E-state index contributed by atoms with van der Waals surface area (Å²) in [7, 11) is 1.47. The Morgan fingerprint density at radius 3 is 2.12 bits per heavy atom. The van der Waals surface area contributed by atoms with Gasteiger partial charge in [-0.25, -0.2) is 4.79 Å². The molecule has 0 radical (unpaired) electrons. The van der Waals surface area contributed by atoms with Crippen LogP contribution in [0.4, 0.5) is 0 Å². The monoisotopic (exact) mass is 238 g/mol. The van der Waals surface area contributed by atoms with E-state index in [0.717, 1.165) is 0 Å². The van der Waals surface area contributed by atoms with E-state index in [2.05, 4.69) is 4.74 Å². The highest BCUT2D eigenvalue weighted by Crippen LogP contribution is 2.00. The third kappa shape index (κ3) is 8.16. The van der Waals surface area contributed by atoms with Gasteiger partial charge in [0.05, 0.1) is 5.56 Å². The van der Waals surface area contributed by atoms with Crippen LogP contribution in [0.25, 0.3) is 0 Å². The van der Waals surface area contributed by atoms with Crippen molar-refractivity contribution in [3.05, 3.63) is 35.9 Å². The Morgan fingerprint density at radius 1 is 1.18 bits per heavy atom. The van der Waals surface area contributed by atoms with Crippen molar-refractivity contribution in [1.29, 1.82) is 0 Å². The molecule has 0 fully saturated rings. The SMILES string of the molecule is CCC(C)=O.COCOC(=O)c1ccccc1. The maximum absolute atomic E-state index is 11.1. The number of carbonyl (C=O) groups is 2. The van der Waals surface area contributed by atoms with Crippen LogP contribution in [-0.4, -0.2) is 25.7 Å². The minimum absolute atomic E-state index is 0.00622. The highest BCUT2D eigenvalue weighted by atomic mass is 16.7. The first kappa shape index (κ1) is 15.3. The normalized spacial score (nSPS) is 8.88. The van der Waals surface area contributed by atoms with Gasteiger partial charge < -0.3 is 14.3 Å². The summed E-state index contributed by atoms with van der Waals surface area (Å²) < 4.78 is 9.31. The zero-order chi connectivity index (χ0) is 13.1. The first-order chi connectivity index (χ1) is 8.11. The summed E-state index contributed by atoms with van der Waals surface area (Å²) >= 11 is 0. The van der Waals surface area contributed by atoms with E-state index in [1.807, 2.05) is 13.0 Å². The van der Waals surface area contributed by atoms with Crippen LogP contribution in [0, 0.1) is 0 Å². The fourth-order valence-corrected chi connectivity index (χ4v) is 0.770. The lowest BCUT2D eigenvalue weighted by atomic mass is 10.2. The van der Waals surface area contributed by atoms with Crippen LogP contribution < -0.4 is 0 Å². The van der Waals surface area contributed by atoms with E-state index < -0.39 is 0 Å². The first-order valence-corrected chi connectivity index (χ1v) is 5.32. The van der Waals surface area contributed by atoms with Crippen molar-refractivity contribution in [2.24, 2.45) is 0 Å². The van der Waals surface area contributed by atoms with E-state index in [4.69, 9.17) is 4.74 Å². The third-order valence-electron chi connectivity index (χ3n) is 1.82. The molecule has 17 heavy (non-hydrogen) atoms. The summed E-state index contributed by atoms with van der Waals surface area (Å²) in [6, 6.07) is 8.79. The lowest BCUT2D eigenvalue weighted by molar-refractivity contribution is -0.116. The molecule has 0 heterocycles. The van der Waals surface area contributed by atoms with Gasteiger partial charge in [0.1, 0.15) is 5.78 Å². The van der Waals surface area contributed by atoms with E-state index in [0.29, 0.717) is 12.0 Å². The van der Waals surface area contributed by atoms with Gasteiger partial charge in [0.15, 0.2) is 6.79 Å². The Kier molecular flexibility index (Phi) is 8.60. The molecule has 1 aromatic rings. The van der Waals surface area contributed by atoms with Gasteiger partial charge in [-0.3, -0.25) is 0 Å². The zero-order valence-corrected chi connectivity index (χ0v) is 10.4. The van der Waals surface area contributed by atoms with Crippen molar-refractivity contribution in [2.45, 2.75) is 20.3 Å². The molecule has 0 N–H and O–H groups in total. The van der Waals surface area contributed by atoms with Gasteiger partial charge in [-0.2, -0.15) is 0 Å². The highest BCUT2D eigenvalue weighted by Gasteiger charge is 2.03. The Labute approximate surface area is 102 Å². The van der Waals surface area contributed by atoms with Gasteiger partial charge in [0.2, 0.25) is 0 Å². The number of ketones is 1. The van der Waals surface area contributed by atoms with Gasteiger partial charge in [0, 0.05) is 13.5 Å². The van der Waals surface area contributed by atoms with Crippen molar-refractivity contribution in [3.63, 3.8) is 0 Å². The van der Waals surface area contributed by atoms with Crippen molar-refractivity contribution in [2.75, 3.05) is 13.9 Å². The Hall–Kier alpha value is -1.68. The second-order valence-electron chi connectivity index (χ2n) is 3.26. The zero-order valence-electron chi connectivity index (χ0n) is 10.4. The number of hydrogen-bond acceptors (Lipinski definition) is 4. The summed E-state index contributed by atoms with van der Waals surface area (Å²) in [6.45, 7) is 3.43. The highest BCUT2D eigenvalue weighted by molar-refractivity contribution is 5.89. The lowest BCUT2D eigenvalue weighted by Crippen LogP contribution is -2.06. The van der Waals surface area contributed by atoms with Crippen LogP contribution in [0.1, 0.15) is 30.6 Å². The molecule has 0 saturated carbocycles. The molecular formula is C13H18O4. The number of methoxy groups -OCH3 is 1. The van der Waals surface area contributed by atoms with E-state index in [1.54, 1.807) is 31.2 Å². The number of esters is 1. The Morgan fingerprint density at radius 2 is 1.71 bits per heavy atom. The molecule has 4 heteroatoms. The van der Waals surface area contributed by atoms with Gasteiger partial charge in [0.25, 0.3) is 0 Å². The molecule has 1 rings (SSSR count). The number of rotatable bonds is 4. The lowest BCUT2D eigenvalue weighted by Gasteiger charge is -2.01. The maximum Gasteiger partial charge on any atom is 0.340 e. The standard InChI is InChI=1S/C9H10O3.C4H8O/c1-11-7-12-9(10)8-5-3-2-4-6-8;1-3-4(2)5/h2-6H,7H2,1H3;3H2,1-2H3. The second kappa shape index (κ2) is 9.54. The molecule has 0 unspecified atom stereocenters.